The molecule has 2 unspecified atom stereocenters. The lowest BCUT2D eigenvalue weighted by atomic mass is 9.73. The van der Waals surface area contributed by atoms with Crippen LogP contribution in [0.2, 0.25) is 0 Å². The third kappa shape index (κ3) is 5.90. The van der Waals surface area contributed by atoms with Crippen molar-refractivity contribution < 1.29 is 32.6 Å². The normalized spacial score (nSPS) is 21.8. The second-order valence-electron chi connectivity index (χ2n) is 13.2. The maximum Gasteiger partial charge on any atom is 0.267 e. The molecule has 244 valence electrons. The summed E-state index contributed by atoms with van der Waals surface area (Å²) in [6.07, 6.45) is 0.0171. The van der Waals surface area contributed by atoms with Crippen molar-refractivity contribution >= 4 is 29.0 Å². The van der Waals surface area contributed by atoms with E-state index in [1.54, 1.807) is 26.8 Å². The second-order valence-corrected chi connectivity index (χ2v) is 13.2. The number of hydrogen-bond acceptors (Lipinski definition) is 7. The zero-order valence-electron chi connectivity index (χ0n) is 26.3. The van der Waals surface area contributed by atoms with Crippen LogP contribution in [0.25, 0.3) is 0 Å². The number of nitrogens with zero attached hydrogens (tertiary/aromatic N) is 3. The Morgan fingerprint density at radius 3 is 2.38 bits per heavy atom. The molecule has 2 atom stereocenters. The molecule has 3 aromatic rings. The highest BCUT2D eigenvalue weighted by Gasteiger charge is 2.43. The SMILES string of the molecule is CC1(C)CC(=O)C2=C(C1)Nc1ccccc1N(CC(=O)N1CCN(C(=O)C3COc4ccccc4O3)CC1)C2c1ccc(F)cc1F. The molecular formula is C36H36F2N4O5. The maximum atomic E-state index is 15.6. The summed E-state index contributed by atoms with van der Waals surface area (Å²) in [6, 6.07) is 17.0. The lowest BCUT2D eigenvalue weighted by molar-refractivity contribution is -0.145. The van der Waals surface area contributed by atoms with Gasteiger partial charge in [-0.1, -0.05) is 44.2 Å². The predicted octanol–water partition coefficient (Wildman–Crippen LogP) is 5.09. The fourth-order valence-corrected chi connectivity index (χ4v) is 7.04. The fraction of sp³-hybridized carbons (Fsp3) is 0.361. The van der Waals surface area contributed by atoms with Crippen LogP contribution < -0.4 is 19.7 Å². The van der Waals surface area contributed by atoms with E-state index in [1.807, 2.05) is 50.2 Å². The van der Waals surface area contributed by atoms with E-state index < -0.39 is 23.8 Å². The highest BCUT2D eigenvalue weighted by atomic mass is 19.1. The van der Waals surface area contributed by atoms with Crippen LogP contribution >= 0.6 is 0 Å². The number of fused-ring (bicyclic) bond motifs is 2. The summed E-state index contributed by atoms with van der Waals surface area (Å²) < 4.78 is 41.4. The lowest BCUT2D eigenvalue weighted by Crippen LogP contribution is -2.56. The molecule has 1 N–H and O–H groups in total. The summed E-state index contributed by atoms with van der Waals surface area (Å²) in [6.45, 7) is 5.16. The van der Waals surface area contributed by atoms with E-state index in [4.69, 9.17) is 9.47 Å². The Labute approximate surface area is 271 Å². The van der Waals surface area contributed by atoms with E-state index >= 15 is 4.39 Å². The van der Waals surface area contributed by atoms with Gasteiger partial charge in [0, 0.05) is 55.5 Å². The standard InChI is InChI=1S/C36H36F2N4O5/c1-36(2)18-26-33(28(43)19-36)34(23-12-11-22(37)17-24(23)38)42(27-8-4-3-7-25(27)39-26)20-32(44)40-13-15-41(16-14-40)35(45)31-21-46-29-9-5-6-10-30(29)47-31/h3-12,17,31,34,39H,13-16,18-21H2,1-2H3. The molecule has 3 heterocycles. The molecule has 0 saturated carbocycles. The molecular weight excluding hydrogens is 606 g/mol. The highest BCUT2D eigenvalue weighted by molar-refractivity contribution is 6.02. The Morgan fingerprint density at radius 2 is 1.62 bits per heavy atom. The van der Waals surface area contributed by atoms with Gasteiger partial charge in [0.1, 0.15) is 18.2 Å². The van der Waals surface area contributed by atoms with Gasteiger partial charge in [0.2, 0.25) is 12.0 Å². The summed E-state index contributed by atoms with van der Waals surface area (Å²) in [5.41, 5.74) is 2.15. The molecule has 3 aliphatic heterocycles. The van der Waals surface area contributed by atoms with Gasteiger partial charge in [0.25, 0.3) is 5.91 Å². The Hall–Kier alpha value is -4.93. The second kappa shape index (κ2) is 12.0. The van der Waals surface area contributed by atoms with Crippen molar-refractivity contribution in [2.45, 2.75) is 38.8 Å². The van der Waals surface area contributed by atoms with Gasteiger partial charge >= 0.3 is 0 Å². The van der Waals surface area contributed by atoms with Crippen molar-refractivity contribution in [3.63, 3.8) is 0 Å². The Balaban J connectivity index is 1.15. The predicted molar refractivity (Wildman–Crippen MR) is 171 cm³/mol. The summed E-state index contributed by atoms with van der Waals surface area (Å²) in [5.74, 6) is -0.997. The van der Waals surface area contributed by atoms with Crippen LogP contribution in [-0.4, -0.2) is 72.8 Å². The minimum absolute atomic E-state index is 0.104. The molecule has 3 aromatic carbocycles. The average molecular weight is 643 g/mol. The van der Waals surface area contributed by atoms with Crippen LogP contribution in [0, 0.1) is 17.0 Å². The number of carbonyl (C=O) groups is 3. The zero-order chi connectivity index (χ0) is 32.9. The Kier molecular flexibility index (Phi) is 7.85. The van der Waals surface area contributed by atoms with Crippen LogP contribution in [0.3, 0.4) is 0 Å². The molecule has 1 saturated heterocycles. The van der Waals surface area contributed by atoms with Crippen LogP contribution in [0.4, 0.5) is 20.2 Å². The number of para-hydroxylation sites is 4. The number of piperazine rings is 1. The number of ketones is 1. The number of hydrogen-bond donors (Lipinski definition) is 1. The van der Waals surface area contributed by atoms with E-state index in [2.05, 4.69) is 5.32 Å². The zero-order valence-corrected chi connectivity index (χ0v) is 26.3. The molecule has 1 fully saturated rings. The number of amides is 2. The number of anilines is 2. The molecule has 0 spiro atoms. The number of rotatable bonds is 4. The molecule has 2 amide bonds. The van der Waals surface area contributed by atoms with Gasteiger partial charge in [0.05, 0.1) is 24.0 Å². The van der Waals surface area contributed by atoms with Gasteiger partial charge in [-0.3, -0.25) is 14.4 Å². The number of halogens is 2. The minimum atomic E-state index is -0.969. The number of nitrogens with one attached hydrogen (secondary N) is 1. The molecule has 9 nitrogen and oxygen atoms in total. The molecule has 11 heteroatoms. The number of benzene rings is 3. The number of carbonyl (C=O) groups excluding carboxylic acids is 3. The van der Waals surface area contributed by atoms with E-state index in [0.29, 0.717) is 66.7 Å². The van der Waals surface area contributed by atoms with Crippen molar-refractivity contribution in [2.75, 3.05) is 49.5 Å². The van der Waals surface area contributed by atoms with Gasteiger partial charge in [-0.15, -0.1) is 0 Å². The van der Waals surface area contributed by atoms with E-state index in [9.17, 15) is 18.8 Å². The van der Waals surface area contributed by atoms with Crippen molar-refractivity contribution in [3.05, 3.63) is 95.2 Å². The quantitative estimate of drug-likeness (QED) is 0.424. The molecule has 47 heavy (non-hydrogen) atoms. The number of allylic oxidation sites excluding steroid dienone is 1. The Morgan fingerprint density at radius 1 is 0.915 bits per heavy atom. The monoisotopic (exact) mass is 642 g/mol. The molecule has 0 aromatic heterocycles. The molecule has 0 bridgehead atoms. The van der Waals surface area contributed by atoms with Crippen molar-refractivity contribution in [3.8, 4) is 11.5 Å². The first-order valence-electron chi connectivity index (χ1n) is 15.9. The Bertz CT molecular complexity index is 1780. The molecule has 0 radical (unpaired) electrons. The highest BCUT2D eigenvalue weighted by Crippen LogP contribution is 2.48. The van der Waals surface area contributed by atoms with E-state index in [0.717, 1.165) is 6.07 Å². The van der Waals surface area contributed by atoms with Crippen molar-refractivity contribution in [1.29, 1.82) is 0 Å². The fourth-order valence-electron chi connectivity index (χ4n) is 7.04. The van der Waals surface area contributed by atoms with Gasteiger partial charge in [0.15, 0.2) is 17.3 Å². The van der Waals surface area contributed by atoms with Gasteiger partial charge in [-0.05, 0) is 42.2 Å². The first-order valence-corrected chi connectivity index (χ1v) is 15.9. The van der Waals surface area contributed by atoms with E-state index in [-0.39, 0.29) is 48.1 Å². The first kappa shape index (κ1) is 30.7. The molecule has 4 aliphatic rings. The lowest BCUT2D eigenvalue weighted by Gasteiger charge is -2.40. The number of Topliss-reactive ketones (excluding diaryl/α,β-unsaturated/α-hetero) is 1. The largest absolute Gasteiger partial charge is 0.485 e. The summed E-state index contributed by atoms with van der Waals surface area (Å²) in [7, 11) is 0. The third-order valence-corrected chi connectivity index (χ3v) is 9.29. The van der Waals surface area contributed by atoms with Gasteiger partial charge < -0.3 is 29.5 Å². The first-order chi connectivity index (χ1) is 22.6. The van der Waals surface area contributed by atoms with Crippen LogP contribution in [0.5, 0.6) is 11.5 Å². The van der Waals surface area contributed by atoms with Crippen LogP contribution in [-0.2, 0) is 14.4 Å². The van der Waals surface area contributed by atoms with Crippen LogP contribution in [0.1, 0.15) is 38.3 Å². The van der Waals surface area contributed by atoms with Gasteiger partial charge in [-0.25, -0.2) is 8.78 Å². The van der Waals surface area contributed by atoms with Crippen molar-refractivity contribution in [2.24, 2.45) is 5.41 Å². The summed E-state index contributed by atoms with van der Waals surface area (Å²) in [4.78, 5) is 46.3. The third-order valence-electron chi connectivity index (χ3n) is 9.29. The smallest absolute Gasteiger partial charge is 0.267 e. The topological polar surface area (TPSA) is 91.4 Å². The molecule has 7 rings (SSSR count). The minimum Gasteiger partial charge on any atom is -0.485 e. The molecule has 1 aliphatic carbocycles. The van der Waals surface area contributed by atoms with Gasteiger partial charge in [-0.2, -0.15) is 0 Å². The average Bonchev–Trinajstić information content (AvgIpc) is 3.18. The summed E-state index contributed by atoms with van der Waals surface area (Å²) in [5, 5.41) is 3.45. The maximum absolute atomic E-state index is 15.6. The number of ether oxygens (including phenoxy) is 2. The van der Waals surface area contributed by atoms with E-state index in [1.165, 1.54) is 12.1 Å². The summed E-state index contributed by atoms with van der Waals surface area (Å²) >= 11 is 0. The van der Waals surface area contributed by atoms with Crippen LogP contribution in [0.15, 0.2) is 78.0 Å². The van der Waals surface area contributed by atoms with Crippen molar-refractivity contribution in [1.82, 2.24) is 9.80 Å².